The van der Waals surface area contributed by atoms with E-state index in [0.717, 1.165) is 38.3 Å². The molecule has 1 saturated carbocycles. The van der Waals surface area contributed by atoms with Crippen LogP contribution in [0.5, 0.6) is 5.88 Å². The third-order valence-electron chi connectivity index (χ3n) is 3.28. The molecule has 2 rings (SSSR count). The number of carboxylic acids is 1. The molecule has 0 unspecified atom stereocenters. The van der Waals surface area contributed by atoms with Gasteiger partial charge in [0, 0.05) is 6.04 Å². The molecule has 0 saturated heterocycles. The van der Waals surface area contributed by atoms with E-state index in [1.807, 2.05) is 0 Å². The number of alkyl halides is 3. The molecule has 9 heteroatoms. The first-order chi connectivity index (χ1) is 10.3. The molecule has 0 aromatic carbocycles. The maximum atomic E-state index is 12.3. The fraction of sp³-hybridized carbons (Fsp3) is 0.615. The molecule has 2 N–H and O–H groups in total. The Bertz CT molecular complexity index is 531. The number of ether oxygens (including phenoxy) is 1. The van der Waals surface area contributed by atoms with Crippen LogP contribution in [0.2, 0.25) is 0 Å². The number of hydrogen-bond donors (Lipinski definition) is 2. The lowest BCUT2D eigenvalue weighted by Gasteiger charge is -2.24. The van der Waals surface area contributed by atoms with Crippen molar-refractivity contribution in [2.45, 2.75) is 44.3 Å². The standard InChI is InChI=1S/C13H16F3N3O3/c14-13(15,16)7-22-11-10(17-6-9(19-11)12(20)21)18-8-4-2-1-3-5-8/h6,8H,1-5,7H2,(H,17,18)(H,20,21). The van der Waals surface area contributed by atoms with Crippen molar-refractivity contribution in [1.82, 2.24) is 9.97 Å². The van der Waals surface area contributed by atoms with Crippen molar-refractivity contribution in [2.75, 3.05) is 11.9 Å². The quantitative estimate of drug-likeness (QED) is 0.868. The summed E-state index contributed by atoms with van der Waals surface area (Å²) in [4.78, 5) is 18.3. The fourth-order valence-corrected chi connectivity index (χ4v) is 2.27. The van der Waals surface area contributed by atoms with E-state index in [4.69, 9.17) is 5.11 Å². The molecule has 1 aliphatic rings. The molecule has 22 heavy (non-hydrogen) atoms. The van der Waals surface area contributed by atoms with Crippen LogP contribution in [-0.4, -0.2) is 39.9 Å². The van der Waals surface area contributed by atoms with Crippen molar-refractivity contribution < 1.29 is 27.8 Å². The second-order valence-electron chi connectivity index (χ2n) is 5.10. The highest BCUT2D eigenvalue weighted by Crippen LogP contribution is 2.27. The normalized spacial score (nSPS) is 16.3. The predicted octanol–water partition coefficient (Wildman–Crippen LogP) is 2.86. The lowest BCUT2D eigenvalue weighted by Crippen LogP contribution is -2.25. The van der Waals surface area contributed by atoms with E-state index >= 15 is 0 Å². The molecule has 0 bridgehead atoms. The lowest BCUT2D eigenvalue weighted by molar-refractivity contribution is -0.154. The molecular formula is C13H16F3N3O3. The van der Waals surface area contributed by atoms with Crippen molar-refractivity contribution in [1.29, 1.82) is 0 Å². The van der Waals surface area contributed by atoms with Crippen molar-refractivity contribution in [3.63, 3.8) is 0 Å². The molecule has 6 nitrogen and oxygen atoms in total. The highest BCUT2D eigenvalue weighted by atomic mass is 19.4. The van der Waals surface area contributed by atoms with Crippen LogP contribution < -0.4 is 10.1 Å². The highest BCUT2D eigenvalue weighted by molar-refractivity contribution is 5.85. The van der Waals surface area contributed by atoms with E-state index < -0.39 is 30.3 Å². The van der Waals surface area contributed by atoms with Crippen molar-refractivity contribution in [3.8, 4) is 5.88 Å². The largest absolute Gasteiger partial charge is 0.476 e. The Hall–Kier alpha value is -2.06. The summed E-state index contributed by atoms with van der Waals surface area (Å²) in [6.45, 7) is -1.55. The zero-order valence-electron chi connectivity index (χ0n) is 11.7. The Morgan fingerprint density at radius 2 is 2.05 bits per heavy atom. The van der Waals surface area contributed by atoms with Gasteiger partial charge in [0.2, 0.25) is 0 Å². The molecule has 0 amide bonds. The van der Waals surface area contributed by atoms with Crippen LogP contribution in [0, 0.1) is 0 Å². The summed E-state index contributed by atoms with van der Waals surface area (Å²) in [5.41, 5.74) is -0.466. The summed E-state index contributed by atoms with van der Waals surface area (Å²) in [6.07, 6.45) is 1.38. The first kappa shape index (κ1) is 16.3. The first-order valence-corrected chi connectivity index (χ1v) is 6.91. The minimum absolute atomic E-state index is 0.0427. The Morgan fingerprint density at radius 1 is 1.36 bits per heavy atom. The number of aromatic nitrogens is 2. The molecule has 122 valence electrons. The van der Waals surface area contributed by atoms with Gasteiger partial charge in [0.25, 0.3) is 5.88 Å². The van der Waals surface area contributed by atoms with Gasteiger partial charge in [-0.05, 0) is 12.8 Å². The molecule has 1 heterocycles. The summed E-state index contributed by atoms with van der Waals surface area (Å²) < 4.78 is 41.5. The van der Waals surface area contributed by atoms with Crippen molar-refractivity contribution in [2.24, 2.45) is 0 Å². The molecule has 1 fully saturated rings. The van der Waals surface area contributed by atoms with Crippen LogP contribution >= 0.6 is 0 Å². The molecule has 0 spiro atoms. The summed E-state index contributed by atoms with van der Waals surface area (Å²) in [6, 6.07) is 0.0759. The number of anilines is 1. The molecule has 1 aromatic heterocycles. The molecule has 1 aromatic rings. The maximum absolute atomic E-state index is 12.3. The van der Waals surface area contributed by atoms with E-state index in [1.54, 1.807) is 0 Å². The van der Waals surface area contributed by atoms with Gasteiger partial charge in [0.1, 0.15) is 0 Å². The van der Waals surface area contributed by atoms with Gasteiger partial charge in [-0.15, -0.1) is 0 Å². The Kier molecular flexibility index (Phi) is 5.04. The number of hydrogen-bond acceptors (Lipinski definition) is 5. The predicted molar refractivity (Wildman–Crippen MR) is 71.0 cm³/mol. The molecule has 1 aliphatic carbocycles. The molecule has 0 radical (unpaired) electrons. The third-order valence-corrected chi connectivity index (χ3v) is 3.28. The summed E-state index contributed by atoms with van der Waals surface area (Å²) in [5, 5.41) is 11.8. The third kappa shape index (κ3) is 4.74. The monoisotopic (exact) mass is 319 g/mol. The van der Waals surface area contributed by atoms with E-state index in [-0.39, 0.29) is 11.9 Å². The number of halogens is 3. The summed E-state index contributed by atoms with van der Waals surface area (Å²) >= 11 is 0. The Labute approximate surface area is 124 Å². The lowest BCUT2D eigenvalue weighted by atomic mass is 9.95. The van der Waals surface area contributed by atoms with Crippen LogP contribution in [0.15, 0.2) is 6.20 Å². The fourth-order valence-electron chi connectivity index (χ4n) is 2.27. The van der Waals surface area contributed by atoms with E-state index in [1.165, 1.54) is 0 Å². The van der Waals surface area contributed by atoms with Crippen molar-refractivity contribution >= 4 is 11.8 Å². The number of nitrogens with one attached hydrogen (secondary N) is 1. The van der Waals surface area contributed by atoms with Gasteiger partial charge in [-0.25, -0.2) is 14.8 Å². The number of aromatic carboxylic acids is 1. The van der Waals surface area contributed by atoms with Crippen molar-refractivity contribution in [3.05, 3.63) is 11.9 Å². The molecule has 0 aliphatic heterocycles. The summed E-state index contributed by atoms with van der Waals surface area (Å²) in [5.74, 6) is -1.78. The van der Waals surface area contributed by atoms with Gasteiger partial charge in [0.05, 0.1) is 6.20 Å². The maximum Gasteiger partial charge on any atom is 0.422 e. The smallest absolute Gasteiger partial charge is 0.422 e. The topological polar surface area (TPSA) is 84.3 Å². The van der Waals surface area contributed by atoms with Gasteiger partial charge in [-0.2, -0.15) is 13.2 Å². The SMILES string of the molecule is O=C(O)c1cnc(NC2CCCCC2)c(OCC(F)(F)F)n1. The number of rotatable bonds is 5. The minimum Gasteiger partial charge on any atom is -0.476 e. The minimum atomic E-state index is -4.54. The first-order valence-electron chi connectivity index (χ1n) is 6.91. The van der Waals surface area contributed by atoms with Gasteiger partial charge in [0.15, 0.2) is 18.1 Å². The van der Waals surface area contributed by atoms with E-state index in [2.05, 4.69) is 20.0 Å². The second-order valence-corrected chi connectivity index (χ2v) is 5.10. The van der Waals surface area contributed by atoms with Crippen LogP contribution in [0.25, 0.3) is 0 Å². The van der Waals surface area contributed by atoms with Crippen LogP contribution in [0.3, 0.4) is 0 Å². The van der Waals surface area contributed by atoms with Crippen LogP contribution in [-0.2, 0) is 0 Å². The highest BCUT2D eigenvalue weighted by Gasteiger charge is 2.30. The van der Waals surface area contributed by atoms with Gasteiger partial charge >= 0.3 is 12.1 Å². The number of nitrogens with zero attached hydrogens (tertiary/aromatic N) is 2. The zero-order valence-corrected chi connectivity index (χ0v) is 11.7. The van der Waals surface area contributed by atoms with E-state index in [9.17, 15) is 18.0 Å². The van der Waals surface area contributed by atoms with Crippen LogP contribution in [0.1, 0.15) is 42.6 Å². The van der Waals surface area contributed by atoms with Crippen LogP contribution in [0.4, 0.5) is 19.0 Å². The number of carbonyl (C=O) groups is 1. The molecular weight excluding hydrogens is 303 g/mol. The second kappa shape index (κ2) is 6.80. The Morgan fingerprint density at radius 3 is 2.64 bits per heavy atom. The Balaban J connectivity index is 2.16. The van der Waals surface area contributed by atoms with E-state index in [0.29, 0.717) is 0 Å². The number of carboxylic acid groups (broad SMARTS) is 1. The zero-order chi connectivity index (χ0) is 16.2. The molecule has 0 atom stereocenters. The average Bonchev–Trinajstić information content (AvgIpc) is 2.46. The van der Waals surface area contributed by atoms with Gasteiger partial charge in [-0.1, -0.05) is 19.3 Å². The summed E-state index contributed by atoms with van der Waals surface area (Å²) in [7, 11) is 0. The average molecular weight is 319 g/mol. The van der Waals surface area contributed by atoms with Gasteiger partial charge in [-0.3, -0.25) is 0 Å². The van der Waals surface area contributed by atoms with Gasteiger partial charge < -0.3 is 15.2 Å².